The molecule has 0 aromatic heterocycles. The van der Waals surface area contributed by atoms with Crippen molar-refractivity contribution in [3.8, 4) is 0 Å². The zero-order chi connectivity index (χ0) is 14.6. The molecular formula is C13H18ClF3N2O. The van der Waals surface area contributed by atoms with E-state index in [1.807, 2.05) is 0 Å². The lowest BCUT2D eigenvalue weighted by molar-refractivity contribution is -0.127. The number of carbonyl (C=O) groups excluding carboxylic acids is 1. The second-order valence-electron chi connectivity index (χ2n) is 4.75. The summed E-state index contributed by atoms with van der Waals surface area (Å²) in [6.45, 7) is 3.59. The molecule has 0 saturated heterocycles. The number of anilines is 1. The smallest absolute Gasteiger partial charge is 0.325 e. The van der Waals surface area contributed by atoms with Crippen molar-refractivity contribution in [2.24, 2.45) is 11.7 Å². The zero-order valence-electron chi connectivity index (χ0n) is 11.2. The maximum atomic E-state index is 12.3. The van der Waals surface area contributed by atoms with Crippen molar-refractivity contribution in [1.29, 1.82) is 0 Å². The van der Waals surface area contributed by atoms with Crippen molar-refractivity contribution < 1.29 is 18.0 Å². The maximum Gasteiger partial charge on any atom is 0.393 e. The average molecular weight is 311 g/mol. The van der Waals surface area contributed by atoms with Gasteiger partial charge >= 0.3 is 6.18 Å². The normalized spacial score (nSPS) is 12.8. The van der Waals surface area contributed by atoms with E-state index < -0.39 is 24.5 Å². The molecule has 114 valence electrons. The Hall–Kier alpha value is -1.27. The van der Waals surface area contributed by atoms with Crippen molar-refractivity contribution in [2.75, 3.05) is 5.32 Å². The molecule has 3 nitrogen and oxygen atoms in total. The molecule has 20 heavy (non-hydrogen) atoms. The number of alkyl halides is 3. The Morgan fingerprint density at radius 3 is 2.45 bits per heavy atom. The van der Waals surface area contributed by atoms with E-state index in [1.54, 1.807) is 13.8 Å². The van der Waals surface area contributed by atoms with Crippen molar-refractivity contribution >= 4 is 24.0 Å². The lowest BCUT2D eigenvalue weighted by Gasteiger charge is -2.16. The molecule has 3 N–H and O–H groups in total. The van der Waals surface area contributed by atoms with Gasteiger partial charge in [-0.1, -0.05) is 26.0 Å². The number of halogens is 4. The van der Waals surface area contributed by atoms with Gasteiger partial charge in [0.15, 0.2) is 0 Å². The first-order chi connectivity index (χ1) is 8.69. The van der Waals surface area contributed by atoms with E-state index in [4.69, 9.17) is 5.73 Å². The second kappa shape index (κ2) is 7.50. The van der Waals surface area contributed by atoms with Crippen LogP contribution in [0.1, 0.15) is 19.4 Å². The Labute approximate surface area is 122 Å². The lowest BCUT2D eigenvalue weighted by Crippen LogP contribution is -2.39. The zero-order valence-corrected chi connectivity index (χ0v) is 12.0. The van der Waals surface area contributed by atoms with Crippen LogP contribution in [0, 0.1) is 5.92 Å². The lowest BCUT2D eigenvalue weighted by atomic mass is 10.0. The molecule has 0 radical (unpaired) electrons. The quantitative estimate of drug-likeness (QED) is 0.897. The summed E-state index contributed by atoms with van der Waals surface area (Å²) in [5.41, 5.74) is 6.08. The third-order valence-corrected chi connectivity index (χ3v) is 2.62. The van der Waals surface area contributed by atoms with E-state index >= 15 is 0 Å². The molecule has 0 spiro atoms. The molecule has 0 bridgehead atoms. The summed E-state index contributed by atoms with van der Waals surface area (Å²) in [5.74, 6) is -0.447. The van der Waals surface area contributed by atoms with Crippen LogP contribution in [-0.2, 0) is 11.2 Å². The predicted octanol–water partition coefficient (Wildman–Crippen LogP) is 3.14. The Bertz CT molecular complexity index is 449. The van der Waals surface area contributed by atoms with Gasteiger partial charge in [0.05, 0.1) is 12.5 Å². The number of carbonyl (C=O) groups is 1. The van der Waals surface area contributed by atoms with Crippen LogP contribution in [0.3, 0.4) is 0 Å². The molecule has 1 rings (SSSR count). The van der Waals surface area contributed by atoms with Crippen molar-refractivity contribution in [2.45, 2.75) is 32.5 Å². The van der Waals surface area contributed by atoms with E-state index in [-0.39, 0.29) is 23.9 Å². The number of nitrogens with two attached hydrogens (primary N) is 1. The summed E-state index contributed by atoms with van der Waals surface area (Å²) in [6, 6.07) is 4.98. The molecule has 0 heterocycles. The van der Waals surface area contributed by atoms with Gasteiger partial charge in [0.2, 0.25) is 5.91 Å². The molecule has 1 atom stereocenters. The molecule has 1 aromatic carbocycles. The van der Waals surface area contributed by atoms with Crippen molar-refractivity contribution in [3.63, 3.8) is 0 Å². The molecular weight excluding hydrogens is 293 g/mol. The molecule has 1 aromatic rings. The summed E-state index contributed by atoms with van der Waals surface area (Å²) in [4.78, 5) is 11.7. The summed E-state index contributed by atoms with van der Waals surface area (Å²) in [6.07, 6.45) is -5.29. The minimum atomic E-state index is -4.27. The van der Waals surface area contributed by atoms with Gasteiger partial charge in [-0.25, -0.2) is 0 Å². The van der Waals surface area contributed by atoms with Gasteiger partial charge in [-0.3, -0.25) is 4.79 Å². The third-order valence-electron chi connectivity index (χ3n) is 2.62. The molecule has 0 aliphatic carbocycles. The SMILES string of the molecule is CC(C)[C@H](N)C(=O)Nc1cccc(CC(F)(F)F)c1.Cl. The monoisotopic (exact) mass is 310 g/mol. The fourth-order valence-corrected chi connectivity index (χ4v) is 1.52. The molecule has 0 aliphatic heterocycles. The number of nitrogens with one attached hydrogen (secondary N) is 1. The Morgan fingerprint density at radius 1 is 1.35 bits per heavy atom. The summed E-state index contributed by atoms with van der Waals surface area (Å²) in [5, 5.41) is 2.52. The number of rotatable bonds is 4. The fourth-order valence-electron chi connectivity index (χ4n) is 1.52. The largest absolute Gasteiger partial charge is 0.393 e. The number of hydrogen-bond acceptors (Lipinski definition) is 2. The van der Waals surface area contributed by atoms with Crippen LogP contribution in [0.15, 0.2) is 24.3 Å². The summed E-state index contributed by atoms with van der Waals surface area (Å²) in [7, 11) is 0. The molecule has 7 heteroatoms. The highest BCUT2D eigenvalue weighted by Crippen LogP contribution is 2.23. The highest BCUT2D eigenvalue weighted by molar-refractivity contribution is 5.94. The average Bonchev–Trinajstić information content (AvgIpc) is 2.25. The van der Waals surface area contributed by atoms with Crippen molar-refractivity contribution in [3.05, 3.63) is 29.8 Å². The maximum absolute atomic E-state index is 12.3. The topological polar surface area (TPSA) is 55.1 Å². The molecule has 0 fully saturated rings. The van der Waals surface area contributed by atoms with E-state index in [0.717, 1.165) is 0 Å². The van der Waals surface area contributed by atoms with Crippen LogP contribution in [-0.4, -0.2) is 18.1 Å². The van der Waals surface area contributed by atoms with Crippen LogP contribution in [0.2, 0.25) is 0 Å². The second-order valence-corrected chi connectivity index (χ2v) is 4.75. The van der Waals surface area contributed by atoms with Crippen LogP contribution >= 0.6 is 12.4 Å². The predicted molar refractivity (Wildman–Crippen MR) is 74.9 cm³/mol. The number of benzene rings is 1. The molecule has 0 aliphatic rings. The van der Waals surface area contributed by atoms with Crippen LogP contribution in [0.5, 0.6) is 0 Å². The van der Waals surface area contributed by atoms with Gasteiger partial charge in [-0.05, 0) is 23.6 Å². The first-order valence-corrected chi connectivity index (χ1v) is 5.91. The van der Waals surface area contributed by atoms with Gasteiger partial charge in [-0.15, -0.1) is 12.4 Å². The standard InChI is InChI=1S/C13H17F3N2O.ClH/c1-8(2)11(17)12(19)18-10-5-3-4-9(6-10)7-13(14,15)16;/h3-6,8,11H,7,17H2,1-2H3,(H,18,19);1H/t11-;/m0./s1. The summed E-state index contributed by atoms with van der Waals surface area (Å²) >= 11 is 0. The van der Waals surface area contributed by atoms with E-state index in [1.165, 1.54) is 24.3 Å². The van der Waals surface area contributed by atoms with Crippen LogP contribution < -0.4 is 11.1 Å². The van der Waals surface area contributed by atoms with Gasteiger partial charge in [0, 0.05) is 5.69 Å². The van der Waals surface area contributed by atoms with E-state index in [0.29, 0.717) is 5.69 Å². The Balaban J connectivity index is 0.00000361. The Morgan fingerprint density at radius 2 is 1.95 bits per heavy atom. The summed E-state index contributed by atoms with van der Waals surface area (Å²) < 4.78 is 36.8. The Kier molecular flexibility index (Phi) is 7.02. The van der Waals surface area contributed by atoms with E-state index in [9.17, 15) is 18.0 Å². The highest BCUT2D eigenvalue weighted by atomic mass is 35.5. The van der Waals surface area contributed by atoms with Gasteiger partial charge < -0.3 is 11.1 Å². The molecule has 1 amide bonds. The fraction of sp³-hybridized carbons (Fsp3) is 0.462. The van der Waals surface area contributed by atoms with Gasteiger partial charge in [0.25, 0.3) is 0 Å². The number of amides is 1. The van der Waals surface area contributed by atoms with Gasteiger partial charge in [0.1, 0.15) is 0 Å². The minimum Gasteiger partial charge on any atom is -0.325 e. The third kappa shape index (κ3) is 6.25. The van der Waals surface area contributed by atoms with E-state index in [2.05, 4.69) is 5.32 Å². The van der Waals surface area contributed by atoms with Crippen molar-refractivity contribution in [1.82, 2.24) is 0 Å². The minimum absolute atomic E-state index is 0. The first kappa shape index (κ1) is 18.7. The molecule has 0 saturated carbocycles. The van der Waals surface area contributed by atoms with Gasteiger partial charge in [-0.2, -0.15) is 13.2 Å². The highest BCUT2D eigenvalue weighted by Gasteiger charge is 2.27. The molecule has 0 unspecified atom stereocenters. The van der Waals surface area contributed by atoms with Crippen LogP contribution in [0.4, 0.5) is 18.9 Å². The first-order valence-electron chi connectivity index (χ1n) is 5.91. The van der Waals surface area contributed by atoms with Crippen LogP contribution in [0.25, 0.3) is 0 Å². The number of hydrogen-bond donors (Lipinski definition) is 2.